The molecule has 2 N–H and O–H groups in total. The molecule has 0 saturated heterocycles. The standard InChI is InChI=1S/C17H24N2O/c1-17(2,13-5-7-14(18)8-6-13)16(20)19(15-9-10-15)11-12-3-4-12/h5-8,12,15H,3-4,9-11,18H2,1-2H3. The predicted octanol–water partition coefficient (Wildman–Crippen LogP) is 2.95. The first kappa shape index (κ1) is 13.5. The largest absolute Gasteiger partial charge is 0.399 e. The maximum Gasteiger partial charge on any atom is 0.232 e. The Balaban J connectivity index is 1.80. The summed E-state index contributed by atoms with van der Waals surface area (Å²) in [6.07, 6.45) is 4.93. The van der Waals surface area contributed by atoms with Gasteiger partial charge in [-0.1, -0.05) is 12.1 Å². The van der Waals surface area contributed by atoms with Crippen LogP contribution in [0.25, 0.3) is 0 Å². The average molecular weight is 272 g/mol. The SMILES string of the molecule is CC(C)(C(=O)N(CC1CC1)C1CC1)c1ccc(N)cc1. The van der Waals surface area contributed by atoms with Crippen LogP contribution in [-0.2, 0) is 10.2 Å². The van der Waals surface area contributed by atoms with Crippen LogP contribution in [0.4, 0.5) is 5.69 Å². The van der Waals surface area contributed by atoms with Crippen molar-refractivity contribution in [2.75, 3.05) is 12.3 Å². The van der Waals surface area contributed by atoms with E-state index in [2.05, 4.69) is 4.90 Å². The first-order chi connectivity index (χ1) is 9.48. The normalized spacial score (nSPS) is 18.9. The molecule has 2 fully saturated rings. The van der Waals surface area contributed by atoms with Crippen LogP contribution < -0.4 is 5.73 Å². The van der Waals surface area contributed by atoms with Crippen LogP contribution in [0, 0.1) is 5.92 Å². The van der Waals surface area contributed by atoms with Gasteiger partial charge in [-0.05, 0) is 63.1 Å². The highest BCUT2D eigenvalue weighted by Gasteiger charge is 2.42. The molecule has 2 aliphatic carbocycles. The van der Waals surface area contributed by atoms with Crippen molar-refractivity contribution in [2.45, 2.75) is 51.0 Å². The minimum absolute atomic E-state index is 0.275. The van der Waals surface area contributed by atoms with Gasteiger partial charge in [0.05, 0.1) is 5.41 Å². The van der Waals surface area contributed by atoms with Gasteiger partial charge in [0, 0.05) is 18.3 Å². The Labute approximate surface area is 121 Å². The Bertz CT molecular complexity index is 498. The van der Waals surface area contributed by atoms with Crippen LogP contribution in [0.5, 0.6) is 0 Å². The van der Waals surface area contributed by atoms with Gasteiger partial charge in [0.15, 0.2) is 0 Å². The lowest BCUT2D eigenvalue weighted by molar-refractivity contribution is -0.137. The highest BCUT2D eigenvalue weighted by Crippen LogP contribution is 2.38. The minimum Gasteiger partial charge on any atom is -0.399 e. The Morgan fingerprint density at radius 2 is 1.80 bits per heavy atom. The molecular formula is C17H24N2O. The zero-order valence-corrected chi connectivity index (χ0v) is 12.4. The monoisotopic (exact) mass is 272 g/mol. The molecule has 20 heavy (non-hydrogen) atoms. The molecule has 3 rings (SSSR count). The number of carbonyl (C=O) groups is 1. The summed E-state index contributed by atoms with van der Waals surface area (Å²) in [5.41, 5.74) is 7.07. The molecule has 2 aliphatic rings. The molecule has 0 radical (unpaired) electrons. The fourth-order valence-corrected chi connectivity index (χ4v) is 2.74. The first-order valence-corrected chi connectivity index (χ1v) is 7.65. The Morgan fingerprint density at radius 3 is 2.30 bits per heavy atom. The van der Waals surface area contributed by atoms with E-state index in [9.17, 15) is 4.79 Å². The van der Waals surface area contributed by atoms with E-state index in [0.717, 1.165) is 23.7 Å². The summed E-state index contributed by atoms with van der Waals surface area (Å²) in [5.74, 6) is 1.03. The van der Waals surface area contributed by atoms with Gasteiger partial charge in [0.2, 0.25) is 5.91 Å². The second kappa shape index (κ2) is 4.80. The molecule has 0 heterocycles. The van der Waals surface area contributed by atoms with Crippen LogP contribution in [0.2, 0.25) is 0 Å². The third-order valence-electron chi connectivity index (χ3n) is 4.57. The summed E-state index contributed by atoms with van der Waals surface area (Å²) >= 11 is 0. The van der Waals surface area contributed by atoms with Gasteiger partial charge >= 0.3 is 0 Å². The first-order valence-electron chi connectivity index (χ1n) is 7.65. The molecule has 0 atom stereocenters. The summed E-state index contributed by atoms with van der Waals surface area (Å²) in [4.78, 5) is 15.1. The molecule has 1 amide bonds. The Kier molecular flexibility index (Phi) is 3.23. The molecule has 0 aliphatic heterocycles. The summed E-state index contributed by atoms with van der Waals surface area (Å²) in [5, 5.41) is 0. The Morgan fingerprint density at radius 1 is 1.20 bits per heavy atom. The second-order valence-electron chi connectivity index (χ2n) is 6.88. The van der Waals surface area contributed by atoms with Crippen molar-refractivity contribution < 1.29 is 4.79 Å². The predicted molar refractivity (Wildman–Crippen MR) is 81.3 cm³/mol. The number of anilines is 1. The fraction of sp³-hybridized carbons (Fsp3) is 0.588. The van der Waals surface area contributed by atoms with Crippen molar-refractivity contribution in [3.8, 4) is 0 Å². The van der Waals surface area contributed by atoms with Crippen molar-refractivity contribution in [1.82, 2.24) is 4.90 Å². The molecule has 1 aromatic carbocycles. The summed E-state index contributed by atoms with van der Waals surface area (Å²) < 4.78 is 0. The topological polar surface area (TPSA) is 46.3 Å². The van der Waals surface area contributed by atoms with E-state index in [1.807, 2.05) is 38.1 Å². The zero-order chi connectivity index (χ0) is 14.3. The van der Waals surface area contributed by atoms with Gasteiger partial charge in [-0.25, -0.2) is 0 Å². The van der Waals surface area contributed by atoms with E-state index in [0.29, 0.717) is 6.04 Å². The molecule has 1 aromatic rings. The molecule has 3 heteroatoms. The van der Waals surface area contributed by atoms with Crippen LogP contribution in [0.3, 0.4) is 0 Å². The molecule has 0 spiro atoms. The lowest BCUT2D eigenvalue weighted by Gasteiger charge is -2.32. The molecule has 2 saturated carbocycles. The highest BCUT2D eigenvalue weighted by atomic mass is 16.2. The van der Waals surface area contributed by atoms with Gasteiger partial charge < -0.3 is 10.6 Å². The van der Waals surface area contributed by atoms with Gasteiger partial charge in [0.25, 0.3) is 0 Å². The number of nitrogens with zero attached hydrogens (tertiary/aromatic N) is 1. The van der Waals surface area contributed by atoms with Crippen molar-refractivity contribution in [3.63, 3.8) is 0 Å². The zero-order valence-electron chi connectivity index (χ0n) is 12.4. The third kappa shape index (κ3) is 2.67. The van der Waals surface area contributed by atoms with Crippen molar-refractivity contribution in [3.05, 3.63) is 29.8 Å². The van der Waals surface area contributed by atoms with E-state index in [1.54, 1.807) is 0 Å². The second-order valence-corrected chi connectivity index (χ2v) is 6.88. The number of carbonyl (C=O) groups excluding carboxylic acids is 1. The third-order valence-corrected chi connectivity index (χ3v) is 4.57. The molecule has 0 bridgehead atoms. The number of amides is 1. The van der Waals surface area contributed by atoms with E-state index < -0.39 is 5.41 Å². The lowest BCUT2D eigenvalue weighted by atomic mass is 9.83. The van der Waals surface area contributed by atoms with Crippen molar-refractivity contribution in [1.29, 1.82) is 0 Å². The molecule has 0 aromatic heterocycles. The number of rotatable bonds is 5. The van der Waals surface area contributed by atoms with Crippen LogP contribution in [-0.4, -0.2) is 23.4 Å². The molecule has 3 nitrogen and oxygen atoms in total. The van der Waals surface area contributed by atoms with E-state index in [4.69, 9.17) is 5.73 Å². The van der Waals surface area contributed by atoms with E-state index in [1.165, 1.54) is 25.7 Å². The number of nitrogens with two attached hydrogens (primary N) is 1. The van der Waals surface area contributed by atoms with Gasteiger partial charge in [-0.3, -0.25) is 4.79 Å². The Hall–Kier alpha value is -1.51. The smallest absolute Gasteiger partial charge is 0.232 e. The van der Waals surface area contributed by atoms with E-state index in [-0.39, 0.29) is 5.91 Å². The van der Waals surface area contributed by atoms with Gasteiger partial charge in [-0.2, -0.15) is 0 Å². The lowest BCUT2D eigenvalue weighted by Crippen LogP contribution is -2.45. The quantitative estimate of drug-likeness (QED) is 0.838. The van der Waals surface area contributed by atoms with Crippen LogP contribution in [0.1, 0.15) is 45.1 Å². The number of hydrogen-bond acceptors (Lipinski definition) is 2. The van der Waals surface area contributed by atoms with Crippen LogP contribution >= 0.6 is 0 Å². The summed E-state index contributed by atoms with van der Waals surface area (Å²) in [6, 6.07) is 8.22. The van der Waals surface area contributed by atoms with Crippen molar-refractivity contribution in [2.24, 2.45) is 5.92 Å². The van der Waals surface area contributed by atoms with Crippen LogP contribution in [0.15, 0.2) is 24.3 Å². The summed E-state index contributed by atoms with van der Waals surface area (Å²) in [6.45, 7) is 5.02. The number of hydrogen-bond donors (Lipinski definition) is 1. The van der Waals surface area contributed by atoms with E-state index >= 15 is 0 Å². The van der Waals surface area contributed by atoms with Gasteiger partial charge in [-0.15, -0.1) is 0 Å². The number of nitrogen functional groups attached to an aromatic ring is 1. The van der Waals surface area contributed by atoms with Crippen molar-refractivity contribution >= 4 is 11.6 Å². The molecule has 0 unspecified atom stereocenters. The molecular weight excluding hydrogens is 248 g/mol. The fourth-order valence-electron chi connectivity index (χ4n) is 2.74. The highest BCUT2D eigenvalue weighted by molar-refractivity contribution is 5.88. The summed E-state index contributed by atoms with van der Waals surface area (Å²) in [7, 11) is 0. The maximum atomic E-state index is 13.0. The minimum atomic E-state index is -0.467. The number of benzene rings is 1. The average Bonchev–Trinajstić information content (AvgIpc) is 3.27. The maximum absolute atomic E-state index is 13.0. The molecule has 108 valence electrons. The van der Waals surface area contributed by atoms with Gasteiger partial charge in [0.1, 0.15) is 0 Å².